The predicted molar refractivity (Wildman–Crippen MR) is 70.7 cm³/mol. The zero-order chi connectivity index (χ0) is 14.7. The molecule has 104 valence electrons. The van der Waals surface area contributed by atoms with E-state index in [1.165, 1.54) is 17.8 Å². The smallest absolute Gasteiger partial charge is 0.427 e. The van der Waals surface area contributed by atoms with Crippen LogP contribution >= 0.6 is 0 Å². The Labute approximate surface area is 114 Å². The molecule has 2 rings (SSSR count). The molecule has 0 radical (unpaired) electrons. The van der Waals surface area contributed by atoms with E-state index in [2.05, 4.69) is 10.3 Å². The highest BCUT2D eigenvalue weighted by atomic mass is 16.6. The van der Waals surface area contributed by atoms with Gasteiger partial charge in [0.1, 0.15) is 5.75 Å². The molecule has 8 heteroatoms. The van der Waals surface area contributed by atoms with Gasteiger partial charge in [-0.3, -0.25) is 9.36 Å². The molecule has 0 saturated carbocycles. The first-order valence-corrected chi connectivity index (χ1v) is 5.68. The Morgan fingerprint density at radius 2 is 2.05 bits per heavy atom. The number of aromatic nitrogens is 2. The molecule has 1 amide bonds. The third-order valence-electron chi connectivity index (χ3n) is 2.43. The molecule has 0 aliphatic rings. The normalized spacial score (nSPS) is 10.1. The van der Waals surface area contributed by atoms with E-state index in [1.807, 2.05) is 0 Å². The number of rotatable bonds is 4. The molecule has 0 saturated heterocycles. The number of aryl methyl sites for hydroxylation is 1. The van der Waals surface area contributed by atoms with Crippen molar-refractivity contribution in [2.75, 3.05) is 5.32 Å². The van der Waals surface area contributed by atoms with Crippen LogP contribution < -0.4 is 10.1 Å². The van der Waals surface area contributed by atoms with E-state index in [9.17, 15) is 14.9 Å². The quantitative estimate of drug-likeness (QED) is 0.680. The minimum Gasteiger partial charge on any atom is -0.434 e. The van der Waals surface area contributed by atoms with Gasteiger partial charge in [-0.15, -0.1) is 0 Å². The summed E-state index contributed by atoms with van der Waals surface area (Å²) in [7, 11) is 1.60. The van der Waals surface area contributed by atoms with Crippen molar-refractivity contribution in [3.8, 4) is 11.6 Å². The number of hydrogen-bond donors (Lipinski definition) is 1. The summed E-state index contributed by atoms with van der Waals surface area (Å²) in [4.78, 5) is 24.7. The lowest BCUT2D eigenvalue weighted by Gasteiger charge is -2.06. The Bertz CT molecular complexity index is 648. The molecular formula is C12H12N4O4. The molecule has 0 fully saturated rings. The highest BCUT2D eigenvalue weighted by molar-refractivity contribution is 5.88. The second-order valence-corrected chi connectivity index (χ2v) is 4.05. The fraction of sp³-hybridized carbons (Fsp3) is 0.167. The second-order valence-electron chi connectivity index (χ2n) is 4.05. The van der Waals surface area contributed by atoms with Gasteiger partial charge in [-0.25, -0.2) is 0 Å². The average molecular weight is 276 g/mol. The van der Waals surface area contributed by atoms with Gasteiger partial charge in [-0.05, 0) is 34.2 Å². The first kappa shape index (κ1) is 13.5. The van der Waals surface area contributed by atoms with Crippen LogP contribution in [0.2, 0.25) is 0 Å². The summed E-state index contributed by atoms with van der Waals surface area (Å²) in [5.41, 5.74) is 0.615. The number of nitrogens with zero attached hydrogens (tertiary/aromatic N) is 3. The maximum Gasteiger partial charge on any atom is 0.427 e. The van der Waals surface area contributed by atoms with Crippen LogP contribution in [0.25, 0.3) is 0 Å². The second kappa shape index (κ2) is 5.39. The van der Waals surface area contributed by atoms with Crippen molar-refractivity contribution in [3.63, 3.8) is 0 Å². The summed E-state index contributed by atoms with van der Waals surface area (Å²) >= 11 is 0. The predicted octanol–water partition coefficient (Wildman–Crippen LogP) is 2.08. The third kappa shape index (κ3) is 2.91. The van der Waals surface area contributed by atoms with Gasteiger partial charge >= 0.3 is 11.7 Å². The lowest BCUT2D eigenvalue weighted by molar-refractivity contribution is -0.390. The maximum atomic E-state index is 10.9. The van der Waals surface area contributed by atoms with E-state index in [0.29, 0.717) is 11.4 Å². The van der Waals surface area contributed by atoms with Crippen LogP contribution in [-0.4, -0.2) is 20.4 Å². The number of benzene rings is 1. The number of carbonyl (C=O) groups excluding carboxylic acids is 1. The summed E-state index contributed by atoms with van der Waals surface area (Å²) in [5.74, 6) is -0.0764. The van der Waals surface area contributed by atoms with Crippen molar-refractivity contribution in [1.29, 1.82) is 0 Å². The molecule has 1 aromatic heterocycles. The fourth-order valence-electron chi connectivity index (χ4n) is 1.57. The van der Waals surface area contributed by atoms with Crippen LogP contribution in [0.5, 0.6) is 11.6 Å². The number of ether oxygens (including phenoxy) is 1. The van der Waals surface area contributed by atoms with Crippen molar-refractivity contribution in [2.45, 2.75) is 6.92 Å². The molecule has 0 atom stereocenters. The number of nitro groups is 1. The first-order valence-electron chi connectivity index (χ1n) is 5.68. The molecule has 1 N–H and O–H groups in total. The molecule has 2 aromatic rings. The molecule has 0 aliphatic carbocycles. The summed E-state index contributed by atoms with van der Waals surface area (Å²) in [5, 5.41) is 13.4. The van der Waals surface area contributed by atoms with Crippen LogP contribution in [0.4, 0.5) is 11.5 Å². The minimum absolute atomic E-state index is 0.0438. The Hall–Kier alpha value is -2.90. The van der Waals surface area contributed by atoms with Gasteiger partial charge in [0.05, 0.1) is 0 Å². The number of anilines is 1. The van der Waals surface area contributed by atoms with Crippen molar-refractivity contribution in [2.24, 2.45) is 7.05 Å². The monoisotopic (exact) mass is 276 g/mol. The highest BCUT2D eigenvalue weighted by Crippen LogP contribution is 2.29. The number of carbonyl (C=O) groups is 1. The zero-order valence-corrected chi connectivity index (χ0v) is 10.9. The molecule has 1 heterocycles. The highest BCUT2D eigenvalue weighted by Gasteiger charge is 2.22. The standard InChI is InChI=1S/C12H12N4O4/c1-8(17)14-9-3-5-10(6-4-9)20-12-11(16(18)19)13-7-15(12)2/h3-7H,1-2H3,(H,14,17). The zero-order valence-electron chi connectivity index (χ0n) is 10.9. The average Bonchev–Trinajstić information content (AvgIpc) is 2.73. The van der Waals surface area contributed by atoms with E-state index >= 15 is 0 Å². The lowest BCUT2D eigenvalue weighted by atomic mass is 10.3. The maximum absolute atomic E-state index is 10.9. The van der Waals surface area contributed by atoms with Crippen molar-refractivity contribution >= 4 is 17.4 Å². The van der Waals surface area contributed by atoms with E-state index in [1.54, 1.807) is 31.3 Å². The van der Waals surface area contributed by atoms with Gasteiger partial charge in [0.25, 0.3) is 0 Å². The Kier molecular flexibility index (Phi) is 3.65. The van der Waals surface area contributed by atoms with Crippen molar-refractivity contribution < 1.29 is 14.5 Å². The topological polar surface area (TPSA) is 99.3 Å². The number of amides is 1. The Morgan fingerprint density at radius 1 is 1.40 bits per heavy atom. The molecule has 0 unspecified atom stereocenters. The van der Waals surface area contributed by atoms with Crippen LogP contribution in [0, 0.1) is 10.1 Å². The van der Waals surface area contributed by atoms with Gasteiger partial charge in [-0.2, -0.15) is 0 Å². The van der Waals surface area contributed by atoms with E-state index in [4.69, 9.17) is 4.74 Å². The van der Waals surface area contributed by atoms with Crippen molar-refractivity contribution in [1.82, 2.24) is 9.55 Å². The van der Waals surface area contributed by atoms with Gasteiger partial charge < -0.3 is 20.2 Å². The van der Waals surface area contributed by atoms with Gasteiger partial charge in [-0.1, -0.05) is 0 Å². The SMILES string of the molecule is CC(=O)Nc1ccc(Oc2c([N+](=O)[O-])ncn2C)cc1. The molecule has 8 nitrogen and oxygen atoms in total. The van der Waals surface area contributed by atoms with Gasteiger partial charge in [0.2, 0.25) is 12.2 Å². The van der Waals surface area contributed by atoms with Gasteiger partial charge in [0, 0.05) is 19.7 Å². The summed E-state index contributed by atoms with van der Waals surface area (Å²) in [6.45, 7) is 1.41. The molecule has 1 aromatic carbocycles. The largest absolute Gasteiger partial charge is 0.434 e. The van der Waals surface area contributed by atoms with E-state index in [0.717, 1.165) is 0 Å². The summed E-state index contributed by atoms with van der Waals surface area (Å²) < 4.78 is 6.86. The Balaban J connectivity index is 2.20. The molecular weight excluding hydrogens is 264 g/mol. The third-order valence-corrected chi connectivity index (χ3v) is 2.43. The van der Waals surface area contributed by atoms with Crippen LogP contribution in [-0.2, 0) is 11.8 Å². The number of hydrogen-bond acceptors (Lipinski definition) is 5. The number of nitrogens with one attached hydrogen (secondary N) is 1. The molecule has 0 bridgehead atoms. The van der Waals surface area contributed by atoms with E-state index < -0.39 is 4.92 Å². The molecule has 20 heavy (non-hydrogen) atoms. The van der Waals surface area contributed by atoms with Crippen LogP contribution in [0.3, 0.4) is 0 Å². The summed E-state index contributed by atoms with van der Waals surface area (Å²) in [6.07, 6.45) is 1.30. The Morgan fingerprint density at radius 3 is 2.60 bits per heavy atom. The van der Waals surface area contributed by atoms with Crippen LogP contribution in [0.1, 0.15) is 6.92 Å². The number of imidazole rings is 1. The van der Waals surface area contributed by atoms with E-state index in [-0.39, 0.29) is 17.6 Å². The lowest BCUT2D eigenvalue weighted by Crippen LogP contribution is -2.05. The molecule has 0 aliphatic heterocycles. The van der Waals surface area contributed by atoms with Crippen LogP contribution in [0.15, 0.2) is 30.6 Å². The molecule has 0 spiro atoms. The minimum atomic E-state index is -0.610. The fourth-order valence-corrected chi connectivity index (χ4v) is 1.57. The van der Waals surface area contributed by atoms with Gasteiger partial charge in [0.15, 0.2) is 0 Å². The van der Waals surface area contributed by atoms with Crippen molar-refractivity contribution in [3.05, 3.63) is 40.7 Å². The first-order chi connectivity index (χ1) is 9.47. The summed E-state index contributed by atoms with van der Waals surface area (Å²) in [6, 6.07) is 6.47.